The van der Waals surface area contributed by atoms with E-state index in [0.717, 1.165) is 23.7 Å². The standard InChI is InChI=1S/C15H19BrO/c1-15(2,3)11-7-10(8-12(16)9-11)13-5-4-6-14(13)17/h7-9,13H,4-6H2,1-3H3. The van der Waals surface area contributed by atoms with Crippen molar-refractivity contribution in [1.29, 1.82) is 0 Å². The molecule has 92 valence electrons. The van der Waals surface area contributed by atoms with E-state index in [2.05, 4.69) is 54.9 Å². The number of carbonyl (C=O) groups is 1. The first-order valence-electron chi connectivity index (χ1n) is 6.21. The zero-order valence-electron chi connectivity index (χ0n) is 10.7. The predicted octanol–water partition coefficient (Wildman–Crippen LogP) is 4.58. The summed E-state index contributed by atoms with van der Waals surface area (Å²) in [6.45, 7) is 6.61. The molecule has 0 heterocycles. The molecule has 1 atom stereocenters. The molecule has 2 rings (SSSR count). The van der Waals surface area contributed by atoms with Crippen LogP contribution in [-0.4, -0.2) is 5.78 Å². The Labute approximate surface area is 112 Å². The number of Topliss-reactive ketones (excluding diaryl/α,β-unsaturated/α-hetero) is 1. The van der Waals surface area contributed by atoms with Crippen LogP contribution < -0.4 is 0 Å². The van der Waals surface area contributed by atoms with Gasteiger partial charge in [0.1, 0.15) is 5.78 Å². The van der Waals surface area contributed by atoms with Crippen molar-refractivity contribution < 1.29 is 4.79 Å². The van der Waals surface area contributed by atoms with Crippen LogP contribution in [0.15, 0.2) is 22.7 Å². The van der Waals surface area contributed by atoms with Crippen LogP contribution in [0.5, 0.6) is 0 Å². The molecule has 1 aromatic rings. The van der Waals surface area contributed by atoms with Gasteiger partial charge >= 0.3 is 0 Å². The second-order valence-electron chi connectivity index (χ2n) is 5.93. The lowest BCUT2D eigenvalue weighted by Gasteiger charge is -2.21. The minimum Gasteiger partial charge on any atom is -0.299 e. The zero-order valence-corrected chi connectivity index (χ0v) is 12.3. The van der Waals surface area contributed by atoms with Gasteiger partial charge in [0.25, 0.3) is 0 Å². The van der Waals surface area contributed by atoms with Crippen LogP contribution in [0.2, 0.25) is 0 Å². The monoisotopic (exact) mass is 294 g/mol. The average Bonchev–Trinajstić information content (AvgIpc) is 2.62. The lowest BCUT2D eigenvalue weighted by molar-refractivity contribution is -0.118. The van der Waals surface area contributed by atoms with Gasteiger partial charge in [0.15, 0.2) is 0 Å². The minimum atomic E-state index is 0.125. The Morgan fingerprint density at radius 1 is 1.24 bits per heavy atom. The molecule has 1 nitrogen and oxygen atoms in total. The third-order valence-corrected chi connectivity index (χ3v) is 3.95. The number of benzene rings is 1. The van der Waals surface area contributed by atoms with Crippen LogP contribution >= 0.6 is 15.9 Å². The molecule has 0 aromatic heterocycles. The molecule has 0 N–H and O–H groups in total. The van der Waals surface area contributed by atoms with E-state index in [9.17, 15) is 4.79 Å². The predicted molar refractivity (Wildman–Crippen MR) is 74.4 cm³/mol. The van der Waals surface area contributed by atoms with Gasteiger partial charge in [-0.2, -0.15) is 0 Å². The summed E-state index contributed by atoms with van der Waals surface area (Å²) in [5.74, 6) is 0.538. The highest BCUT2D eigenvalue weighted by molar-refractivity contribution is 9.10. The number of hydrogen-bond donors (Lipinski definition) is 0. The van der Waals surface area contributed by atoms with E-state index in [0.29, 0.717) is 5.78 Å². The van der Waals surface area contributed by atoms with E-state index < -0.39 is 0 Å². The molecule has 0 aliphatic heterocycles. The van der Waals surface area contributed by atoms with Gasteiger partial charge in [0.2, 0.25) is 0 Å². The van der Waals surface area contributed by atoms with Gasteiger partial charge in [-0.1, -0.05) is 42.8 Å². The highest BCUT2D eigenvalue weighted by Crippen LogP contribution is 2.35. The molecule has 0 radical (unpaired) electrons. The Morgan fingerprint density at radius 3 is 2.47 bits per heavy atom. The number of halogens is 1. The smallest absolute Gasteiger partial charge is 0.140 e. The minimum absolute atomic E-state index is 0.125. The summed E-state index contributed by atoms with van der Waals surface area (Å²) in [5.41, 5.74) is 2.61. The molecule has 2 heteroatoms. The van der Waals surface area contributed by atoms with Crippen molar-refractivity contribution in [3.63, 3.8) is 0 Å². The van der Waals surface area contributed by atoms with Gasteiger partial charge in [-0.25, -0.2) is 0 Å². The van der Waals surface area contributed by atoms with Gasteiger partial charge in [-0.3, -0.25) is 4.79 Å². The number of hydrogen-bond acceptors (Lipinski definition) is 1. The molecular formula is C15H19BrO. The lowest BCUT2D eigenvalue weighted by Crippen LogP contribution is -2.13. The molecule has 1 aliphatic carbocycles. The number of carbonyl (C=O) groups excluding carboxylic acids is 1. The first-order chi connectivity index (χ1) is 7.88. The van der Waals surface area contributed by atoms with Gasteiger partial charge in [0, 0.05) is 16.8 Å². The summed E-state index contributed by atoms with van der Waals surface area (Å²) in [6, 6.07) is 6.46. The fraction of sp³-hybridized carbons (Fsp3) is 0.533. The normalized spacial score (nSPS) is 20.9. The van der Waals surface area contributed by atoms with Gasteiger partial charge in [-0.05, 0) is 41.5 Å². The van der Waals surface area contributed by atoms with Crippen molar-refractivity contribution in [2.45, 2.75) is 51.4 Å². The Morgan fingerprint density at radius 2 is 1.94 bits per heavy atom. The number of rotatable bonds is 1. The third kappa shape index (κ3) is 2.79. The summed E-state index contributed by atoms with van der Waals surface area (Å²) < 4.78 is 1.08. The van der Waals surface area contributed by atoms with Crippen molar-refractivity contribution in [2.24, 2.45) is 0 Å². The summed E-state index contributed by atoms with van der Waals surface area (Å²) >= 11 is 3.56. The van der Waals surface area contributed by atoms with Crippen LogP contribution in [0, 0.1) is 0 Å². The topological polar surface area (TPSA) is 17.1 Å². The van der Waals surface area contributed by atoms with Crippen molar-refractivity contribution in [3.8, 4) is 0 Å². The highest BCUT2D eigenvalue weighted by atomic mass is 79.9. The Bertz CT molecular complexity index is 443. The molecule has 0 spiro atoms. The zero-order chi connectivity index (χ0) is 12.6. The molecule has 1 aromatic carbocycles. The summed E-state index contributed by atoms with van der Waals surface area (Å²) in [6.07, 6.45) is 2.81. The lowest BCUT2D eigenvalue weighted by atomic mass is 9.84. The Kier molecular flexibility index (Phi) is 3.44. The van der Waals surface area contributed by atoms with Crippen LogP contribution in [-0.2, 0) is 10.2 Å². The molecule has 0 amide bonds. The summed E-state index contributed by atoms with van der Waals surface area (Å²) in [5, 5.41) is 0. The fourth-order valence-corrected chi connectivity index (χ4v) is 2.93. The van der Waals surface area contributed by atoms with Crippen molar-refractivity contribution >= 4 is 21.7 Å². The van der Waals surface area contributed by atoms with Gasteiger partial charge in [0.05, 0.1) is 0 Å². The van der Waals surface area contributed by atoms with E-state index in [1.54, 1.807) is 0 Å². The fourth-order valence-electron chi connectivity index (χ4n) is 2.41. The second-order valence-corrected chi connectivity index (χ2v) is 6.85. The summed E-state index contributed by atoms with van der Waals surface area (Å²) in [4.78, 5) is 11.8. The van der Waals surface area contributed by atoms with E-state index in [-0.39, 0.29) is 11.3 Å². The largest absolute Gasteiger partial charge is 0.299 e. The molecular weight excluding hydrogens is 276 g/mol. The van der Waals surface area contributed by atoms with Gasteiger partial charge < -0.3 is 0 Å². The van der Waals surface area contributed by atoms with Crippen LogP contribution in [0.3, 0.4) is 0 Å². The van der Waals surface area contributed by atoms with Gasteiger partial charge in [-0.15, -0.1) is 0 Å². The van der Waals surface area contributed by atoms with Crippen molar-refractivity contribution in [3.05, 3.63) is 33.8 Å². The van der Waals surface area contributed by atoms with E-state index >= 15 is 0 Å². The quantitative estimate of drug-likeness (QED) is 0.741. The second kappa shape index (κ2) is 4.56. The van der Waals surface area contributed by atoms with E-state index in [1.807, 2.05) is 0 Å². The third-order valence-electron chi connectivity index (χ3n) is 3.49. The van der Waals surface area contributed by atoms with Crippen LogP contribution in [0.4, 0.5) is 0 Å². The molecule has 1 fully saturated rings. The summed E-state index contributed by atoms with van der Waals surface area (Å²) in [7, 11) is 0. The first kappa shape index (κ1) is 12.8. The maximum atomic E-state index is 11.8. The van der Waals surface area contributed by atoms with Crippen LogP contribution in [0.1, 0.15) is 57.1 Å². The molecule has 0 saturated heterocycles. The van der Waals surface area contributed by atoms with Crippen molar-refractivity contribution in [2.75, 3.05) is 0 Å². The highest BCUT2D eigenvalue weighted by Gasteiger charge is 2.27. The molecule has 17 heavy (non-hydrogen) atoms. The van der Waals surface area contributed by atoms with E-state index in [1.165, 1.54) is 11.1 Å². The SMILES string of the molecule is CC(C)(C)c1cc(Br)cc(C2CCCC2=O)c1. The Hall–Kier alpha value is -0.630. The molecule has 1 saturated carbocycles. The molecule has 1 aliphatic rings. The molecule has 1 unspecified atom stereocenters. The first-order valence-corrected chi connectivity index (χ1v) is 7.01. The number of ketones is 1. The molecule has 0 bridgehead atoms. The van der Waals surface area contributed by atoms with Crippen molar-refractivity contribution in [1.82, 2.24) is 0 Å². The maximum absolute atomic E-state index is 11.8. The van der Waals surface area contributed by atoms with Crippen LogP contribution in [0.25, 0.3) is 0 Å². The van der Waals surface area contributed by atoms with E-state index in [4.69, 9.17) is 0 Å². The Balaban J connectivity index is 2.41. The maximum Gasteiger partial charge on any atom is 0.140 e. The average molecular weight is 295 g/mol.